The van der Waals surface area contributed by atoms with Crippen molar-refractivity contribution in [1.29, 1.82) is 0 Å². The second-order valence-electron chi connectivity index (χ2n) is 17.3. The van der Waals surface area contributed by atoms with E-state index in [9.17, 15) is 34.8 Å². The molecule has 4 heterocycles. The predicted octanol–water partition coefficient (Wildman–Crippen LogP) is 2.00. The molecule has 5 aliphatic rings. The summed E-state index contributed by atoms with van der Waals surface area (Å²) < 4.78 is 31.1. The van der Waals surface area contributed by atoms with Crippen LogP contribution in [-0.2, 0) is 51.2 Å². The van der Waals surface area contributed by atoms with Gasteiger partial charge in [0, 0.05) is 37.9 Å². The number of hydrogen-bond acceptors (Lipinski definition) is 15. The molecule has 17 nitrogen and oxygen atoms in total. The average molecular weight is 882 g/mol. The van der Waals surface area contributed by atoms with Gasteiger partial charge in [-0.2, -0.15) is 5.06 Å². The second-order valence-corrected chi connectivity index (χ2v) is 17.3. The fourth-order valence-electron chi connectivity index (χ4n) is 9.65. The van der Waals surface area contributed by atoms with E-state index in [-0.39, 0.29) is 45.2 Å². The van der Waals surface area contributed by atoms with Crippen LogP contribution in [0.15, 0.2) is 54.6 Å². The molecule has 2 bridgehead atoms. The molecular formula is C46H63N3O14. The summed E-state index contributed by atoms with van der Waals surface area (Å²) in [5.74, 6) is -2.26. The van der Waals surface area contributed by atoms with E-state index >= 15 is 0 Å². The van der Waals surface area contributed by atoms with Gasteiger partial charge in [-0.25, -0.2) is 0 Å². The lowest BCUT2D eigenvalue weighted by molar-refractivity contribution is -0.298. The van der Waals surface area contributed by atoms with Crippen molar-refractivity contribution < 1.29 is 68.4 Å². The molecule has 346 valence electrons. The normalized spacial score (nSPS) is 32.1. The third-order valence-corrected chi connectivity index (χ3v) is 12.8. The zero-order valence-electron chi connectivity index (χ0n) is 36.0. The van der Waals surface area contributed by atoms with Crippen molar-refractivity contribution in [2.45, 2.75) is 152 Å². The number of carbonyl (C=O) groups excluding carboxylic acids is 3. The Morgan fingerprint density at radius 1 is 0.905 bits per heavy atom. The Bertz CT molecular complexity index is 1900. The second kappa shape index (κ2) is 21.0. The van der Waals surface area contributed by atoms with Crippen molar-refractivity contribution in [2.24, 2.45) is 5.41 Å². The van der Waals surface area contributed by atoms with Crippen LogP contribution in [0.3, 0.4) is 0 Å². The molecule has 63 heavy (non-hydrogen) atoms. The summed E-state index contributed by atoms with van der Waals surface area (Å²) in [5.41, 5.74) is 1.16. The molecule has 0 aromatic heterocycles. The molecule has 5 fully saturated rings. The molecular weight excluding hydrogens is 819 g/mol. The van der Waals surface area contributed by atoms with Crippen molar-refractivity contribution in [1.82, 2.24) is 15.7 Å². The summed E-state index contributed by atoms with van der Waals surface area (Å²) >= 11 is 0. The summed E-state index contributed by atoms with van der Waals surface area (Å²) in [6.07, 6.45) is 0.841. The molecule has 17 heteroatoms. The average Bonchev–Trinajstić information content (AvgIpc) is 3.84. The standard InChI is InChI=1S/C46H63N3O14/c1-3-5-7-17-45(18-8-6-4-2)61-37-32-24-46(44(57)48-25-29-13-10-16-31(23-29)41(55)47-19-20-50)39(42(56)59-32)49(63-40(46)38(37)62-45)26-30-14-9-12-28(22-30)15-11-21-58-43-36(54)35(53)34(52)33(27-51)60-43/h9-16,22-23,32-40,43,50-54H,3-8,17-21,24-27H2,1-2H3,(H,47,55)(H,48,57)/t32-,33-,34+,35+,36-,37+,38+,39-,40-,43+,46-/m1/s1. The molecule has 2 amide bonds. The van der Waals surface area contributed by atoms with Gasteiger partial charge >= 0.3 is 5.97 Å². The quantitative estimate of drug-likeness (QED) is 0.0702. The largest absolute Gasteiger partial charge is 0.458 e. The highest BCUT2D eigenvalue weighted by atomic mass is 16.8. The van der Waals surface area contributed by atoms with Crippen LogP contribution in [-0.4, -0.2) is 142 Å². The topological polar surface area (TPSA) is 235 Å². The van der Waals surface area contributed by atoms with Gasteiger partial charge in [-0.3, -0.25) is 19.2 Å². The van der Waals surface area contributed by atoms with Crippen LogP contribution in [0, 0.1) is 5.41 Å². The summed E-state index contributed by atoms with van der Waals surface area (Å²) in [6.45, 7) is 3.78. The van der Waals surface area contributed by atoms with Gasteiger partial charge in [0.25, 0.3) is 5.91 Å². The Morgan fingerprint density at radius 3 is 2.37 bits per heavy atom. The van der Waals surface area contributed by atoms with Gasteiger partial charge in [0.2, 0.25) is 5.91 Å². The maximum absolute atomic E-state index is 14.9. The lowest BCUT2D eigenvalue weighted by Crippen LogP contribution is -2.69. The highest BCUT2D eigenvalue weighted by Gasteiger charge is 2.76. The first-order chi connectivity index (χ1) is 30.5. The Morgan fingerprint density at radius 2 is 1.63 bits per heavy atom. The van der Waals surface area contributed by atoms with Gasteiger partial charge < -0.3 is 59.9 Å². The van der Waals surface area contributed by atoms with Gasteiger partial charge in [0.15, 0.2) is 18.1 Å². The van der Waals surface area contributed by atoms with Gasteiger partial charge in [-0.15, -0.1) is 0 Å². The zero-order valence-corrected chi connectivity index (χ0v) is 36.0. The lowest BCUT2D eigenvalue weighted by atomic mass is 9.62. The van der Waals surface area contributed by atoms with Crippen molar-refractivity contribution in [3.05, 3.63) is 76.9 Å². The number of carbonyl (C=O) groups is 3. The van der Waals surface area contributed by atoms with Crippen LogP contribution in [0.1, 0.15) is 98.7 Å². The Kier molecular flexibility index (Phi) is 15.7. The number of unbranched alkanes of at least 4 members (excludes halogenated alkanes) is 4. The number of benzene rings is 2. The van der Waals surface area contributed by atoms with Crippen LogP contribution >= 0.6 is 0 Å². The van der Waals surface area contributed by atoms with Gasteiger partial charge in [-0.05, 0) is 41.7 Å². The van der Waals surface area contributed by atoms with Crippen LogP contribution in [0.2, 0.25) is 0 Å². The first kappa shape index (κ1) is 47.1. The monoisotopic (exact) mass is 881 g/mol. The Hall–Kier alpha value is -3.85. The van der Waals surface area contributed by atoms with Crippen molar-refractivity contribution in [3.63, 3.8) is 0 Å². The van der Waals surface area contributed by atoms with Gasteiger partial charge in [0.1, 0.15) is 54.2 Å². The van der Waals surface area contributed by atoms with E-state index in [1.165, 1.54) is 0 Å². The minimum absolute atomic E-state index is 0.0270. The number of esters is 1. The number of nitrogens with zero attached hydrogens (tertiary/aromatic N) is 1. The number of ether oxygens (including phenoxy) is 5. The number of nitrogens with one attached hydrogen (secondary N) is 2. The molecule has 4 aliphatic heterocycles. The van der Waals surface area contributed by atoms with E-state index in [4.69, 9.17) is 33.6 Å². The fourth-order valence-corrected chi connectivity index (χ4v) is 9.65. The van der Waals surface area contributed by atoms with Crippen LogP contribution < -0.4 is 10.6 Å². The summed E-state index contributed by atoms with van der Waals surface area (Å²) in [7, 11) is 0. The Labute approximate surface area is 367 Å². The highest BCUT2D eigenvalue weighted by molar-refractivity contribution is 5.95. The third-order valence-electron chi connectivity index (χ3n) is 12.8. The van der Waals surface area contributed by atoms with E-state index in [0.29, 0.717) is 24.0 Å². The smallest absolute Gasteiger partial charge is 0.327 e. The number of fused-ring (bicyclic) bond motifs is 4. The fraction of sp³-hybridized carbons (Fsp3) is 0.630. The zero-order chi connectivity index (χ0) is 44.7. The molecule has 2 aromatic rings. The molecule has 11 atom stereocenters. The van der Waals surface area contributed by atoms with Crippen molar-refractivity contribution in [2.75, 3.05) is 26.4 Å². The number of amides is 2. The van der Waals surface area contributed by atoms with Crippen LogP contribution in [0.25, 0.3) is 6.08 Å². The molecule has 0 unspecified atom stereocenters. The summed E-state index contributed by atoms with van der Waals surface area (Å²) in [5, 5.41) is 56.4. The molecule has 0 radical (unpaired) electrons. The molecule has 4 saturated heterocycles. The molecule has 7 N–H and O–H groups in total. The highest BCUT2D eigenvalue weighted by Crippen LogP contribution is 2.58. The maximum atomic E-state index is 14.9. The molecule has 1 saturated carbocycles. The lowest BCUT2D eigenvalue weighted by Gasteiger charge is -2.48. The van der Waals surface area contributed by atoms with E-state index in [1.807, 2.05) is 24.3 Å². The summed E-state index contributed by atoms with van der Waals surface area (Å²) in [4.78, 5) is 48.7. The number of aliphatic hydroxyl groups excluding tert-OH is 5. The summed E-state index contributed by atoms with van der Waals surface area (Å²) in [6, 6.07) is 13.2. The molecule has 0 spiro atoms. The Balaban J connectivity index is 1.12. The van der Waals surface area contributed by atoms with E-state index in [0.717, 1.165) is 49.7 Å². The van der Waals surface area contributed by atoms with Crippen LogP contribution in [0.4, 0.5) is 0 Å². The van der Waals surface area contributed by atoms with Gasteiger partial charge in [0.05, 0.1) is 26.4 Å². The van der Waals surface area contributed by atoms with E-state index < -0.39 is 90.8 Å². The predicted molar refractivity (Wildman–Crippen MR) is 225 cm³/mol. The first-order valence-corrected chi connectivity index (χ1v) is 22.4. The first-order valence-electron chi connectivity index (χ1n) is 22.4. The number of hydroxylamine groups is 2. The molecule has 1 aliphatic carbocycles. The van der Waals surface area contributed by atoms with Crippen molar-refractivity contribution in [3.8, 4) is 0 Å². The number of rotatable bonds is 21. The number of aliphatic hydroxyl groups is 5. The van der Waals surface area contributed by atoms with Crippen molar-refractivity contribution >= 4 is 23.9 Å². The van der Waals surface area contributed by atoms with E-state index in [1.54, 1.807) is 41.5 Å². The minimum Gasteiger partial charge on any atom is -0.458 e. The molecule has 7 rings (SSSR count). The number of hydrogen-bond donors (Lipinski definition) is 7. The maximum Gasteiger partial charge on any atom is 0.327 e. The third kappa shape index (κ3) is 10.0. The minimum atomic E-state index is -1.55. The molecule has 2 aromatic carbocycles. The van der Waals surface area contributed by atoms with Gasteiger partial charge in [-0.1, -0.05) is 88.1 Å². The SMILES string of the molecule is CCCCCC1(CCCCC)O[C@@H]2[C@H](O1)[C@H]1ON(Cc3cccc(C=CCO[C@H]4O[C@H](CO)[C@H](O)[C@H](O)[C@H]4O)c3)[C@@H]3C(=O)O[C@@H]2C[C@]13C(=O)NCc1cccc(C(=O)NCCO)c1. The van der Waals surface area contributed by atoms with E-state index in [2.05, 4.69) is 24.5 Å². The van der Waals surface area contributed by atoms with Crippen LogP contribution in [0.5, 0.6) is 0 Å².